The number of hydrogen-bond donors (Lipinski definition) is 3. The van der Waals surface area contributed by atoms with Crippen LogP contribution >= 0.6 is 15.6 Å². The molecule has 0 aliphatic carbocycles. The van der Waals surface area contributed by atoms with E-state index in [-0.39, 0.29) is 25.7 Å². The summed E-state index contributed by atoms with van der Waals surface area (Å²) in [5.74, 6) is -0.524. The van der Waals surface area contributed by atoms with Crippen LogP contribution < -0.4 is 0 Å². The predicted octanol–water partition coefficient (Wildman–Crippen LogP) is 24.7. The summed E-state index contributed by atoms with van der Waals surface area (Å²) in [6.45, 7) is 9.65. The van der Waals surface area contributed by atoms with Crippen molar-refractivity contribution in [2.24, 2.45) is 11.8 Å². The highest BCUT2D eigenvalue weighted by Gasteiger charge is 2.30. The lowest BCUT2D eigenvalue weighted by Crippen LogP contribution is -2.30. The van der Waals surface area contributed by atoms with E-state index in [0.717, 1.165) is 108 Å². The van der Waals surface area contributed by atoms with Crippen LogP contribution in [0.3, 0.4) is 0 Å². The summed E-state index contributed by atoms with van der Waals surface area (Å²) in [6, 6.07) is 0. The van der Waals surface area contributed by atoms with Gasteiger partial charge in [-0.3, -0.25) is 37.3 Å². The molecule has 5 atom stereocenters. The molecule has 0 saturated heterocycles. The van der Waals surface area contributed by atoms with Crippen molar-refractivity contribution in [1.82, 2.24) is 0 Å². The zero-order valence-corrected chi connectivity index (χ0v) is 68.0. The fourth-order valence-electron chi connectivity index (χ4n) is 12.7. The summed E-state index contributed by atoms with van der Waals surface area (Å²) in [7, 11) is -9.92. The monoisotopic (exact) mass is 1480 g/mol. The first-order valence-electron chi connectivity index (χ1n) is 42.5. The molecule has 101 heavy (non-hydrogen) atoms. The second kappa shape index (κ2) is 73.6. The van der Waals surface area contributed by atoms with Gasteiger partial charge in [0.25, 0.3) is 0 Å². The van der Waals surface area contributed by atoms with Gasteiger partial charge in [-0.05, 0) is 37.5 Å². The molecule has 0 aromatic carbocycles. The number of hydrogen-bond acceptors (Lipinski definition) is 15. The summed E-state index contributed by atoms with van der Waals surface area (Å²) >= 11 is 0. The minimum atomic E-state index is -4.96. The van der Waals surface area contributed by atoms with Crippen molar-refractivity contribution >= 4 is 39.5 Å². The molecule has 0 saturated carbocycles. The van der Waals surface area contributed by atoms with Crippen LogP contribution in [0.5, 0.6) is 0 Å². The number of unbranched alkanes of at least 4 members (excludes halogenated alkanes) is 51. The largest absolute Gasteiger partial charge is 0.472 e. The van der Waals surface area contributed by atoms with Gasteiger partial charge in [0.05, 0.1) is 26.4 Å². The van der Waals surface area contributed by atoms with Crippen LogP contribution in [0.4, 0.5) is 0 Å². The van der Waals surface area contributed by atoms with E-state index in [2.05, 4.69) is 41.5 Å². The lowest BCUT2D eigenvalue weighted by molar-refractivity contribution is -0.161. The zero-order chi connectivity index (χ0) is 74.2. The average molecular weight is 1480 g/mol. The van der Waals surface area contributed by atoms with Crippen molar-refractivity contribution in [3.63, 3.8) is 0 Å². The highest BCUT2D eigenvalue weighted by Crippen LogP contribution is 2.45. The molecule has 17 nitrogen and oxygen atoms in total. The standard InChI is InChI=1S/C82H160O17P2/c1-7-9-11-13-15-17-18-19-20-21-22-23-27-30-36-41-47-53-59-65-80(85)93-71-78(99-81(86)66-60-54-48-42-37-31-28-25-24-26-29-34-39-44-50-56-62-74(3)4)73-97-101(90,91)95-69-76(83)68-94-100(88,89)96-72-77(70-92-79(84)64-58-52-46-16-14-12-10-8-2)98-82(87)67-61-55-49-43-38-33-32-35-40-45-51-57-63-75(5)6/h74-78,83H,7-73H2,1-6H3,(H,88,89)(H,90,91)/t76-,77+,78+/m0/s1. The van der Waals surface area contributed by atoms with Gasteiger partial charge < -0.3 is 33.8 Å². The molecule has 0 aliphatic rings. The van der Waals surface area contributed by atoms with E-state index in [0.29, 0.717) is 25.7 Å². The summed E-state index contributed by atoms with van der Waals surface area (Å²) in [5.41, 5.74) is 0. The molecule has 0 radical (unpaired) electrons. The molecule has 2 unspecified atom stereocenters. The number of phosphoric acid groups is 2. The fraction of sp³-hybridized carbons (Fsp3) is 0.951. The molecule has 0 bridgehead atoms. The Balaban J connectivity index is 5.20. The lowest BCUT2D eigenvalue weighted by atomic mass is 10.0. The molecule has 0 fully saturated rings. The molecule has 0 aromatic rings. The van der Waals surface area contributed by atoms with Gasteiger partial charge in [-0.1, -0.05) is 382 Å². The summed E-state index contributed by atoms with van der Waals surface area (Å²) in [5, 5.41) is 10.6. The number of esters is 4. The van der Waals surface area contributed by atoms with Crippen molar-refractivity contribution in [3.8, 4) is 0 Å². The Morgan fingerprint density at radius 1 is 0.267 bits per heavy atom. The molecule has 0 aliphatic heterocycles. The Bertz CT molecular complexity index is 1940. The third-order valence-electron chi connectivity index (χ3n) is 19.2. The van der Waals surface area contributed by atoms with E-state index < -0.39 is 97.5 Å². The predicted molar refractivity (Wildman–Crippen MR) is 414 cm³/mol. The highest BCUT2D eigenvalue weighted by atomic mass is 31.2. The Hall–Kier alpha value is -1.94. The number of aliphatic hydroxyl groups excluding tert-OH is 1. The van der Waals surface area contributed by atoms with E-state index >= 15 is 0 Å². The molecule has 0 spiro atoms. The first kappa shape index (κ1) is 99.1. The minimum absolute atomic E-state index is 0.107. The molecule has 0 heterocycles. The maximum absolute atomic E-state index is 13.1. The first-order chi connectivity index (χ1) is 48.9. The van der Waals surface area contributed by atoms with Gasteiger partial charge in [0.15, 0.2) is 12.2 Å². The number of rotatable bonds is 81. The Morgan fingerprint density at radius 2 is 0.455 bits per heavy atom. The number of phosphoric ester groups is 2. The number of ether oxygens (including phenoxy) is 4. The summed E-state index contributed by atoms with van der Waals surface area (Å²) < 4.78 is 68.7. The number of carbonyl (C=O) groups is 4. The van der Waals surface area contributed by atoms with Gasteiger partial charge in [-0.15, -0.1) is 0 Å². The van der Waals surface area contributed by atoms with Crippen molar-refractivity contribution in [2.75, 3.05) is 39.6 Å². The van der Waals surface area contributed by atoms with Crippen LogP contribution in [0.2, 0.25) is 0 Å². The quantitative estimate of drug-likeness (QED) is 0.0222. The number of aliphatic hydroxyl groups is 1. The van der Waals surface area contributed by atoms with E-state index in [9.17, 15) is 43.2 Å². The van der Waals surface area contributed by atoms with Crippen molar-refractivity contribution in [2.45, 2.75) is 452 Å². The Kier molecular flexibility index (Phi) is 72.2. The second-order valence-corrected chi connectivity index (χ2v) is 33.4. The van der Waals surface area contributed by atoms with E-state index in [4.69, 9.17) is 37.0 Å². The fourth-order valence-corrected chi connectivity index (χ4v) is 14.3. The van der Waals surface area contributed by atoms with Gasteiger partial charge in [0.1, 0.15) is 19.3 Å². The van der Waals surface area contributed by atoms with Crippen LogP contribution in [-0.4, -0.2) is 96.7 Å². The van der Waals surface area contributed by atoms with Crippen LogP contribution in [0, 0.1) is 11.8 Å². The molecule has 3 N–H and O–H groups in total. The van der Waals surface area contributed by atoms with Crippen LogP contribution in [0.15, 0.2) is 0 Å². The molecule has 0 aromatic heterocycles. The van der Waals surface area contributed by atoms with Crippen LogP contribution in [-0.2, 0) is 65.4 Å². The van der Waals surface area contributed by atoms with Crippen LogP contribution in [0.25, 0.3) is 0 Å². The molecule has 0 rings (SSSR count). The third-order valence-corrected chi connectivity index (χ3v) is 21.1. The maximum Gasteiger partial charge on any atom is 0.472 e. The van der Waals surface area contributed by atoms with Gasteiger partial charge in [-0.2, -0.15) is 0 Å². The second-order valence-electron chi connectivity index (χ2n) is 30.5. The van der Waals surface area contributed by atoms with Crippen molar-refractivity contribution in [1.29, 1.82) is 0 Å². The molecule has 600 valence electrons. The molecular weight excluding hydrogens is 1320 g/mol. The topological polar surface area (TPSA) is 237 Å². The third kappa shape index (κ3) is 76.1. The van der Waals surface area contributed by atoms with Crippen molar-refractivity contribution in [3.05, 3.63) is 0 Å². The van der Waals surface area contributed by atoms with Gasteiger partial charge in [0.2, 0.25) is 0 Å². The normalized spacial score (nSPS) is 13.9. The minimum Gasteiger partial charge on any atom is -0.462 e. The molecule has 0 amide bonds. The van der Waals surface area contributed by atoms with E-state index in [1.54, 1.807) is 0 Å². The highest BCUT2D eigenvalue weighted by molar-refractivity contribution is 7.47. The van der Waals surface area contributed by atoms with Gasteiger partial charge in [0, 0.05) is 25.7 Å². The van der Waals surface area contributed by atoms with Crippen molar-refractivity contribution < 1.29 is 80.2 Å². The SMILES string of the molecule is CCCCCCCCCCCCCCCCCCCCCC(=O)OC[C@H](COP(=O)(O)OC[C@@H](O)COP(=O)(O)OC[C@@H](COC(=O)CCCCCCCCCC)OC(=O)CCCCCCCCCCCCCCC(C)C)OC(=O)CCCCCCCCCCCCCCCCCCC(C)C. The van der Waals surface area contributed by atoms with E-state index in [1.807, 2.05) is 0 Å². The van der Waals surface area contributed by atoms with E-state index in [1.165, 1.54) is 244 Å². The lowest BCUT2D eigenvalue weighted by Gasteiger charge is -2.21. The number of carbonyl (C=O) groups excluding carboxylic acids is 4. The molecular formula is C82H160O17P2. The van der Waals surface area contributed by atoms with Crippen LogP contribution in [0.1, 0.15) is 433 Å². The van der Waals surface area contributed by atoms with Gasteiger partial charge in [-0.25, -0.2) is 9.13 Å². The van der Waals surface area contributed by atoms with Gasteiger partial charge >= 0.3 is 39.5 Å². The average Bonchev–Trinajstić information content (AvgIpc) is 0.933. The molecule has 19 heteroatoms. The Labute approximate surface area is 619 Å². The smallest absolute Gasteiger partial charge is 0.462 e. The summed E-state index contributed by atoms with van der Waals surface area (Å²) in [6.07, 6.45) is 63.9. The zero-order valence-electron chi connectivity index (χ0n) is 66.2. The first-order valence-corrected chi connectivity index (χ1v) is 45.5. The Morgan fingerprint density at radius 3 is 0.673 bits per heavy atom. The maximum atomic E-state index is 13.1. The summed E-state index contributed by atoms with van der Waals surface area (Å²) in [4.78, 5) is 73.0.